The van der Waals surface area contributed by atoms with Crippen molar-refractivity contribution in [3.63, 3.8) is 0 Å². The van der Waals surface area contributed by atoms with E-state index >= 15 is 0 Å². The van der Waals surface area contributed by atoms with Crippen LogP contribution in [0.3, 0.4) is 0 Å². The van der Waals surface area contributed by atoms with Crippen LogP contribution in [0.2, 0.25) is 0 Å². The number of aromatic nitrogens is 3. The fourth-order valence-corrected chi connectivity index (χ4v) is 2.33. The van der Waals surface area contributed by atoms with Crippen LogP contribution >= 0.6 is 11.3 Å². The van der Waals surface area contributed by atoms with Crippen molar-refractivity contribution < 1.29 is 0 Å². The van der Waals surface area contributed by atoms with Gasteiger partial charge >= 0.3 is 0 Å². The lowest BCUT2D eigenvalue weighted by Gasteiger charge is -2.08. The zero-order valence-corrected chi connectivity index (χ0v) is 12.3. The van der Waals surface area contributed by atoms with Crippen molar-refractivity contribution in [3.8, 4) is 0 Å². The molecule has 2 N–H and O–H groups in total. The number of thiazole rings is 1. The summed E-state index contributed by atoms with van der Waals surface area (Å²) in [7, 11) is 1.87. The molecule has 0 aromatic carbocycles. The molecule has 2 rings (SSSR count). The maximum atomic E-state index is 4.51. The molecule has 19 heavy (non-hydrogen) atoms. The van der Waals surface area contributed by atoms with Crippen LogP contribution in [0.25, 0.3) is 0 Å². The van der Waals surface area contributed by atoms with Gasteiger partial charge in [-0.1, -0.05) is 6.92 Å². The number of nitrogens with one attached hydrogen (secondary N) is 2. The molecule has 0 atom stereocenters. The molecular weight excluding hydrogens is 258 g/mol. The van der Waals surface area contributed by atoms with Gasteiger partial charge in [-0.3, -0.25) is 0 Å². The fraction of sp³-hybridized carbons (Fsp3) is 0.462. The van der Waals surface area contributed by atoms with E-state index in [2.05, 4.69) is 37.9 Å². The molecule has 2 aromatic rings. The van der Waals surface area contributed by atoms with E-state index in [1.54, 1.807) is 11.3 Å². The van der Waals surface area contributed by atoms with Gasteiger partial charge in [-0.15, -0.1) is 11.3 Å². The summed E-state index contributed by atoms with van der Waals surface area (Å²) in [4.78, 5) is 13.4. The van der Waals surface area contributed by atoms with Crippen LogP contribution in [-0.4, -0.2) is 22.0 Å². The van der Waals surface area contributed by atoms with Crippen molar-refractivity contribution >= 4 is 23.0 Å². The molecule has 0 spiro atoms. The second-order valence-electron chi connectivity index (χ2n) is 4.27. The molecule has 0 unspecified atom stereocenters. The van der Waals surface area contributed by atoms with Gasteiger partial charge in [0.25, 0.3) is 0 Å². The van der Waals surface area contributed by atoms with Crippen molar-refractivity contribution in [2.75, 3.05) is 17.7 Å². The number of hydrogen-bond donors (Lipinski definition) is 2. The molecule has 0 bridgehead atoms. The molecule has 0 saturated carbocycles. The van der Waals surface area contributed by atoms with E-state index in [9.17, 15) is 0 Å². The van der Waals surface area contributed by atoms with Gasteiger partial charge in [0.2, 0.25) is 0 Å². The molecule has 0 amide bonds. The van der Waals surface area contributed by atoms with Crippen molar-refractivity contribution in [1.82, 2.24) is 15.0 Å². The molecule has 0 aliphatic rings. The maximum Gasteiger partial charge on any atom is 0.133 e. The maximum absolute atomic E-state index is 4.51. The minimum atomic E-state index is 0.691. The molecular formula is C13H19N5S. The van der Waals surface area contributed by atoms with Gasteiger partial charge in [0.1, 0.15) is 17.5 Å². The van der Waals surface area contributed by atoms with Crippen molar-refractivity contribution in [3.05, 3.63) is 28.0 Å². The van der Waals surface area contributed by atoms with Gasteiger partial charge in [0.05, 0.1) is 17.2 Å². The monoisotopic (exact) mass is 277 g/mol. The van der Waals surface area contributed by atoms with Crippen molar-refractivity contribution in [2.24, 2.45) is 0 Å². The van der Waals surface area contributed by atoms with Gasteiger partial charge in [0, 0.05) is 24.9 Å². The predicted octanol–water partition coefficient (Wildman–Crippen LogP) is 2.85. The molecule has 0 aliphatic carbocycles. The first kappa shape index (κ1) is 13.7. The molecule has 2 aromatic heterocycles. The molecule has 5 nitrogen and oxygen atoms in total. The highest BCUT2D eigenvalue weighted by Crippen LogP contribution is 2.14. The number of nitrogens with zero attached hydrogens (tertiary/aromatic N) is 3. The first-order valence-corrected chi connectivity index (χ1v) is 7.29. The van der Waals surface area contributed by atoms with E-state index in [1.165, 1.54) is 0 Å². The highest BCUT2D eigenvalue weighted by molar-refractivity contribution is 7.09. The molecule has 6 heteroatoms. The lowest BCUT2D eigenvalue weighted by molar-refractivity contribution is 0.834. The highest BCUT2D eigenvalue weighted by atomic mass is 32.1. The molecule has 0 aliphatic heterocycles. The van der Waals surface area contributed by atoms with Crippen LogP contribution in [0.5, 0.6) is 0 Å². The first-order chi connectivity index (χ1) is 9.21. The SMILES string of the molecule is CCCc1nc(NC)cc(NCc2csc(C)n2)n1. The molecule has 102 valence electrons. The predicted molar refractivity (Wildman–Crippen MR) is 79.8 cm³/mol. The number of hydrogen-bond acceptors (Lipinski definition) is 6. The summed E-state index contributed by atoms with van der Waals surface area (Å²) in [5.74, 6) is 2.55. The Morgan fingerprint density at radius 1 is 1.21 bits per heavy atom. The van der Waals surface area contributed by atoms with Crippen LogP contribution in [0.1, 0.15) is 29.9 Å². The van der Waals surface area contributed by atoms with E-state index in [-0.39, 0.29) is 0 Å². The van der Waals surface area contributed by atoms with E-state index < -0.39 is 0 Å². The quantitative estimate of drug-likeness (QED) is 0.850. The van der Waals surface area contributed by atoms with Crippen LogP contribution in [0, 0.1) is 6.92 Å². The summed E-state index contributed by atoms with van der Waals surface area (Å²) >= 11 is 1.66. The Morgan fingerprint density at radius 2 is 2.00 bits per heavy atom. The standard InChI is InChI=1S/C13H19N5S/c1-4-5-11-17-12(14-3)6-13(18-11)15-7-10-8-19-9(2)16-10/h6,8H,4-5,7H2,1-3H3,(H2,14,15,17,18). The lowest BCUT2D eigenvalue weighted by atomic mass is 10.3. The summed E-state index contributed by atoms with van der Waals surface area (Å²) in [6.45, 7) is 4.83. The largest absolute Gasteiger partial charge is 0.373 e. The van der Waals surface area contributed by atoms with Gasteiger partial charge in [0.15, 0.2) is 0 Å². The van der Waals surface area contributed by atoms with Crippen LogP contribution < -0.4 is 10.6 Å². The van der Waals surface area contributed by atoms with Gasteiger partial charge in [-0.05, 0) is 13.3 Å². The Hall–Kier alpha value is -1.69. The average Bonchev–Trinajstić information content (AvgIpc) is 2.82. The second-order valence-corrected chi connectivity index (χ2v) is 5.33. The Morgan fingerprint density at radius 3 is 2.63 bits per heavy atom. The van der Waals surface area contributed by atoms with Crippen LogP contribution in [-0.2, 0) is 13.0 Å². The van der Waals surface area contributed by atoms with Gasteiger partial charge in [-0.25, -0.2) is 15.0 Å². The van der Waals surface area contributed by atoms with Gasteiger partial charge in [-0.2, -0.15) is 0 Å². The Labute approximate surface area is 117 Å². The topological polar surface area (TPSA) is 62.7 Å². The zero-order chi connectivity index (χ0) is 13.7. The zero-order valence-electron chi connectivity index (χ0n) is 11.5. The third-order valence-corrected chi connectivity index (χ3v) is 3.44. The number of aryl methyl sites for hydroxylation is 2. The molecule has 0 saturated heterocycles. The van der Waals surface area contributed by atoms with E-state index in [0.717, 1.165) is 41.0 Å². The fourth-order valence-electron chi connectivity index (χ4n) is 1.72. The lowest BCUT2D eigenvalue weighted by Crippen LogP contribution is -2.07. The van der Waals surface area contributed by atoms with Crippen molar-refractivity contribution in [2.45, 2.75) is 33.2 Å². The van der Waals surface area contributed by atoms with Crippen LogP contribution in [0.15, 0.2) is 11.4 Å². The smallest absolute Gasteiger partial charge is 0.133 e. The first-order valence-electron chi connectivity index (χ1n) is 6.42. The van der Waals surface area contributed by atoms with Crippen molar-refractivity contribution in [1.29, 1.82) is 0 Å². The summed E-state index contributed by atoms with van der Waals surface area (Å²) in [5, 5.41) is 9.51. The van der Waals surface area contributed by atoms with E-state index in [1.807, 2.05) is 20.0 Å². The highest BCUT2D eigenvalue weighted by Gasteiger charge is 2.04. The van der Waals surface area contributed by atoms with E-state index in [4.69, 9.17) is 0 Å². The summed E-state index contributed by atoms with van der Waals surface area (Å²) in [5.41, 5.74) is 1.05. The molecule has 2 heterocycles. The third-order valence-electron chi connectivity index (χ3n) is 2.62. The normalized spacial score (nSPS) is 10.5. The minimum absolute atomic E-state index is 0.691. The Balaban J connectivity index is 2.08. The van der Waals surface area contributed by atoms with Crippen LogP contribution in [0.4, 0.5) is 11.6 Å². The Kier molecular flexibility index (Phi) is 4.68. The molecule has 0 fully saturated rings. The summed E-state index contributed by atoms with van der Waals surface area (Å²) < 4.78 is 0. The van der Waals surface area contributed by atoms with E-state index in [0.29, 0.717) is 6.54 Å². The second kappa shape index (κ2) is 6.47. The summed E-state index contributed by atoms with van der Waals surface area (Å²) in [6, 6.07) is 1.92. The Bertz CT molecular complexity index is 538. The minimum Gasteiger partial charge on any atom is -0.373 e. The summed E-state index contributed by atoms with van der Waals surface area (Å²) in [6.07, 6.45) is 1.93. The average molecular weight is 277 g/mol. The number of anilines is 2. The molecule has 0 radical (unpaired) electrons. The number of rotatable bonds is 6. The van der Waals surface area contributed by atoms with Gasteiger partial charge < -0.3 is 10.6 Å². The third kappa shape index (κ3) is 3.89.